The standard InChI is InChI=1S/C25H24N4/c1-2-14-28(13-1)24-16-27-23-11-10-21(17-29(23)24)22-7-4-12-26-25(22)20-6-3-5-19(15-20)18-8-9-18/h3-7,10-12,15-18H,1-2,8-9,13-14H2. The van der Waals surface area contributed by atoms with Gasteiger partial charge in [-0.3, -0.25) is 9.38 Å². The predicted molar refractivity (Wildman–Crippen MR) is 117 cm³/mol. The lowest BCUT2D eigenvalue weighted by molar-refractivity contribution is 0.925. The van der Waals surface area contributed by atoms with Crippen molar-refractivity contribution >= 4 is 11.5 Å². The number of imidazole rings is 1. The van der Waals surface area contributed by atoms with Gasteiger partial charge in [-0.15, -0.1) is 0 Å². The van der Waals surface area contributed by atoms with E-state index in [1.54, 1.807) is 0 Å². The van der Waals surface area contributed by atoms with E-state index in [4.69, 9.17) is 4.98 Å². The molecule has 144 valence electrons. The van der Waals surface area contributed by atoms with E-state index in [0.717, 1.165) is 30.3 Å². The van der Waals surface area contributed by atoms with Crippen LogP contribution in [0.1, 0.15) is 37.2 Å². The van der Waals surface area contributed by atoms with Crippen molar-refractivity contribution in [1.82, 2.24) is 14.4 Å². The highest BCUT2D eigenvalue weighted by Crippen LogP contribution is 2.41. The Kier molecular flexibility index (Phi) is 3.89. The van der Waals surface area contributed by atoms with E-state index >= 15 is 0 Å². The molecule has 3 aromatic heterocycles. The summed E-state index contributed by atoms with van der Waals surface area (Å²) in [5.74, 6) is 1.94. The van der Waals surface area contributed by atoms with Crippen molar-refractivity contribution in [2.75, 3.05) is 18.0 Å². The lowest BCUT2D eigenvalue weighted by Crippen LogP contribution is -2.19. The summed E-state index contributed by atoms with van der Waals surface area (Å²) in [6.07, 6.45) is 11.3. The average Bonchev–Trinajstić information content (AvgIpc) is 3.32. The van der Waals surface area contributed by atoms with Gasteiger partial charge in [0.05, 0.1) is 11.9 Å². The molecule has 0 bridgehead atoms. The summed E-state index contributed by atoms with van der Waals surface area (Å²) < 4.78 is 2.23. The van der Waals surface area contributed by atoms with Crippen LogP contribution in [0.2, 0.25) is 0 Å². The van der Waals surface area contributed by atoms with Crippen molar-refractivity contribution < 1.29 is 0 Å². The number of aromatic nitrogens is 3. The molecule has 0 unspecified atom stereocenters. The van der Waals surface area contributed by atoms with Crippen LogP contribution < -0.4 is 4.90 Å². The number of nitrogens with zero attached hydrogens (tertiary/aromatic N) is 4. The highest BCUT2D eigenvalue weighted by Gasteiger charge is 2.24. The molecule has 0 atom stereocenters. The van der Waals surface area contributed by atoms with E-state index in [2.05, 4.69) is 62.9 Å². The Morgan fingerprint density at radius 2 is 1.76 bits per heavy atom. The first-order chi connectivity index (χ1) is 14.4. The molecule has 2 fully saturated rings. The molecule has 1 saturated heterocycles. The van der Waals surface area contributed by atoms with E-state index in [9.17, 15) is 0 Å². The smallest absolute Gasteiger partial charge is 0.138 e. The van der Waals surface area contributed by atoms with Crippen LogP contribution in [-0.4, -0.2) is 27.5 Å². The first-order valence-corrected chi connectivity index (χ1v) is 10.6. The fourth-order valence-electron chi connectivity index (χ4n) is 4.53. The number of hydrogen-bond acceptors (Lipinski definition) is 3. The van der Waals surface area contributed by atoms with Crippen molar-refractivity contribution in [1.29, 1.82) is 0 Å². The first-order valence-electron chi connectivity index (χ1n) is 10.6. The Morgan fingerprint density at radius 1 is 0.862 bits per heavy atom. The normalized spacial score (nSPS) is 16.6. The number of pyridine rings is 2. The van der Waals surface area contributed by atoms with Crippen LogP contribution in [0.4, 0.5) is 5.82 Å². The molecule has 2 aliphatic rings. The second kappa shape index (κ2) is 6.73. The topological polar surface area (TPSA) is 33.4 Å². The lowest BCUT2D eigenvalue weighted by atomic mass is 9.98. The quantitative estimate of drug-likeness (QED) is 0.466. The number of hydrogen-bond donors (Lipinski definition) is 0. The third kappa shape index (κ3) is 3.00. The lowest BCUT2D eigenvalue weighted by Gasteiger charge is -2.17. The number of fused-ring (bicyclic) bond motifs is 1. The zero-order valence-electron chi connectivity index (χ0n) is 16.5. The highest BCUT2D eigenvalue weighted by atomic mass is 15.2. The van der Waals surface area contributed by atoms with Crippen LogP contribution in [0.15, 0.2) is 67.1 Å². The minimum atomic E-state index is 0.743. The molecule has 29 heavy (non-hydrogen) atoms. The Bertz CT molecular complexity index is 1180. The minimum Gasteiger partial charge on any atom is -0.356 e. The van der Waals surface area contributed by atoms with Crippen LogP contribution in [0.5, 0.6) is 0 Å². The van der Waals surface area contributed by atoms with Gasteiger partial charge in [0.2, 0.25) is 0 Å². The minimum absolute atomic E-state index is 0.743. The van der Waals surface area contributed by atoms with E-state index in [1.807, 2.05) is 18.5 Å². The van der Waals surface area contributed by atoms with Crippen molar-refractivity contribution in [2.45, 2.75) is 31.6 Å². The van der Waals surface area contributed by atoms with Crippen molar-refractivity contribution in [3.8, 4) is 22.4 Å². The van der Waals surface area contributed by atoms with Crippen LogP contribution in [0.25, 0.3) is 28.0 Å². The van der Waals surface area contributed by atoms with E-state index in [0.29, 0.717) is 0 Å². The van der Waals surface area contributed by atoms with E-state index in [-0.39, 0.29) is 0 Å². The largest absolute Gasteiger partial charge is 0.356 e. The number of rotatable bonds is 4. The van der Waals surface area contributed by atoms with Gasteiger partial charge in [-0.25, -0.2) is 4.98 Å². The van der Waals surface area contributed by atoms with Gasteiger partial charge in [0.1, 0.15) is 11.5 Å². The molecule has 0 amide bonds. The molecular formula is C25H24N4. The molecule has 6 rings (SSSR count). The summed E-state index contributed by atoms with van der Waals surface area (Å²) in [6.45, 7) is 2.23. The molecule has 4 nitrogen and oxygen atoms in total. The van der Waals surface area contributed by atoms with Gasteiger partial charge in [-0.2, -0.15) is 0 Å². The Labute approximate surface area is 170 Å². The monoisotopic (exact) mass is 380 g/mol. The molecule has 1 aromatic carbocycles. The van der Waals surface area contributed by atoms with E-state index in [1.165, 1.54) is 53.8 Å². The Balaban J connectivity index is 1.46. The second-order valence-electron chi connectivity index (χ2n) is 8.26. The van der Waals surface area contributed by atoms with E-state index < -0.39 is 0 Å². The number of anilines is 1. The zero-order chi connectivity index (χ0) is 19.2. The van der Waals surface area contributed by atoms with Crippen LogP contribution >= 0.6 is 0 Å². The van der Waals surface area contributed by atoms with Gasteiger partial charge in [-0.1, -0.05) is 24.3 Å². The third-order valence-corrected chi connectivity index (χ3v) is 6.24. The summed E-state index contributed by atoms with van der Waals surface area (Å²) in [5, 5.41) is 0. The summed E-state index contributed by atoms with van der Waals surface area (Å²) >= 11 is 0. The van der Waals surface area contributed by atoms with Crippen molar-refractivity contribution in [2.24, 2.45) is 0 Å². The van der Waals surface area contributed by atoms with Crippen LogP contribution in [0.3, 0.4) is 0 Å². The maximum atomic E-state index is 4.78. The van der Waals surface area contributed by atoms with Gasteiger partial charge in [-0.05, 0) is 61.4 Å². The molecule has 1 aliphatic carbocycles. The predicted octanol–water partition coefficient (Wildman–Crippen LogP) is 5.54. The molecule has 1 aliphatic heterocycles. The molecule has 4 heteroatoms. The third-order valence-electron chi connectivity index (χ3n) is 6.24. The highest BCUT2D eigenvalue weighted by molar-refractivity contribution is 5.81. The van der Waals surface area contributed by atoms with Crippen LogP contribution in [-0.2, 0) is 0 Å². The molecule has 4 heterocycles. The summed E-state index contributed by atoms with van der Waals surface area (Å²) in [5.41, 5.74) is 7.05. The molecule has 0 spiro atoms. The van der Waals surface area contributed by atoms with Gasteiger partial charge in [0.25, 0.3) is 0 Å². The fourth-order valence-corrected chi connectivity index (χ4v) is 4.53. The van der Waals surface area contributed by atoms with Gasteiger partial charge >= 0.3 is 0 Å². The summed E-state index contributed by atoms with van der Waals surface area (Å²) in [7, 11) is 0. The average molecular weight is 380 g/mol. The first kappa shape index (κ1) is 16.8. The Hall–Kier alpha value is -3.14. The van der Waals surface area contributed by atoms with Crippen LogP contribution in [0, 0.1) is 0 Å². The van der Waals surface area contributed by atoms with Gasteiger partial charge in [0.15, 0.2) is 0 Å². The van der Waals surface area contributed by atoms with Crippen molar-refractivity contribution in [3.05, 3.63) is 72.7 Å². The summed E-state index contributed by atoms with van der Waals surface area (Å²) in [6, 6.07) is 17.4. The molecule has 1 saturated carbocycles. The Morgan fingerprint density at radius 3 is 2.62 bits per heavy atom. The molecule has 4 aromatic rings. The molecule has 0 N–H and O–H groups in total. The van der Waals surface area contributed by atoms with Gasteiger partial charge in [0, 0.05) is 42.2 Å². The maximum Gasteiger partial charge on any atom is 0.138 e. The van der Waals surface area contributed by atoms with Crippen molar-refractivity contribution in [3.63, 3.8) is 0 Å². The maximum absolute atomic E-state index is 4.78. The fraction of sp³-hybridized carbons (Fsp3) is 0.280. The SMILES string of the molecule is c1cc(-c2ncccc2-c2ccc3ncc(N4CCCC4)n3c2)cc(C2CC2)c1. The number of benzene rings is 1. The molecular weight excluding hydrogens is 356 g/mol. The molecule has 0 radical (unpaired) electrons. The zero-order valence-corrected chi connectivity index (χ0v) is 16.5. The summed E-state index contributed by atoms with van der Waals surface area (Å²) in [4.78, 5) is 11.8. The van der Waals surface area contributed by atoms with Gasteiger partial charge < -0.3 is 4.90 Å². The second-order valence-corrected chi connectivity index (χ2v) is 8.26.